The Hall–Kier alpha value is -4.93. The van der Waals surface area contributed by atoms with Crippen molar-refractivity contribution in [2.75, 3.05) is 80.7 Å². The predicted molar refractivity (Wildman–Crippen MR) is 236 cm³/mol. The number of halogens is 2. The Morgan fingerprint density at radius 3 is 2.15 bits per heavy atom. The maximum absolute atomic E-state index is 16.0. The number of benzene rings is 2. The van der Waals surface area contributed by atoms with Crippen LogP contribution in [0.15, 0.2) is 36.7 Å². The van der Waals surface area contributed by atoms with Crippen molar-refractivity contribution in [3.63, 3.8) is 0 Å². The normalized spacial score (nSPS) is 24.3. The van der Waals surface area contributed by atoms with Crippen LogP contribution in [0.3, 0.4) is 0 Å². The Kier molecular flexibility index (Phi) is 12.1. The molecule has 3 aromatic rings. The Labute approximate surface area is 365 Å². The van der Waals surface area contributed by atoms with Crippen LogP contribution in [-0.2, 0) is 16.1 Å². The molecule has 62 heavy (non-hydrogen) atoms. The standard InChI is InChI=1S/C44H54F2N10O4.C2H6.2H2/c1-44(10-11-44)60-29-2-3-34-31(20-29)40(51-50-34)35-22-37(48-26-47-35)54-12-6-27(7-13-54)23-52-16-18-53(19-17-52)24-28-8-14-55(15-9-28)41-33(45)21-30-32(39(41)46)25-56(43(30)59)36-4-5-38(57)49-42(36)58;1-2;;/h2-3,20-22,26-28,36,40,50-51H,4-19,23-25H2,1H3,(H,49,57,58);1-2H3;2*1H. The number of hydrogen-bond donors (Lipinski definition) is 3. The van der Waals surface area contributed by atoms with Crippen LogP contribution in [0, 0.1) is 23.5 Å². The van der Waals surface area contributed by atoms with E-state index in [4.69, 9.17) is 4.74 Å². The summed E-state index contributed by atoms with van der Waals surface area (Å²) in [6.45, 7) is 15.3. The zero-order valence-corrected chi connectivity index (χ0v) is 36.2. The molecule has 1 saturated carbocycles. The molecule has 2 unspecified atom stereocenters. The maximum Gasteiger partial charge on any atom is 0.255 e. The zero-order valence-electron chi connectivity index (χ0n) is 36.2. The van der Waals surface area contributed by atoms with Gasteiger partial charge in [-0.25, -0.2) is 24.2 Å². The summed E-state index contributed by atoms with van der Waals surface area (Å²) in [5, 5.41) is 2.25. The van der Waals surface area contributed by atoms with Crippen molar-refractivity contribution in [2.45, 2.75) is 96.4 Å². The molecule has 0 spiro atoms. The number of fused-ring (bicyclic) bond motifs is 2. The number of hydrogen-bond acceptors (Lipinski definition) is 12. The van der Waals surface area contributed by atoms with Crippen LogP contribution in [0.25, 0.3) is 0 Å². The molecular formula is C46H64F2N10O4. The first-order valence-electron chi connectivity index (χ1n) is 22.8. The van der Waals surface area contributed by atoms with E-state index in [9.17, 15) is 14.4 Å². The molecule has 0 radical (unpaired) electrons. The molecule has 16 heteroatoms. The minimum absolute atomic E-state index is 0. The maximum atomic E-state index is 16.0. The molecule has 1 aliphatic carbocycles. The smallest absolute Gasteiger partial charge is 0.255 e. The summed E-state index contributed by atoms with van der Waals surface area (Å²) in [6, 6.07) is 8.52. The summed E-state index contributed by atoms with van der Waals surface area (Å²) in [5.41, 5.74) is 9.80. The third-order valence-corrected chi connectivity index (χ3v) is 14.0. The van der Waals surface area contributed by atoms with Gasteiger partial charge in [-0.2, -0.15) is 0 Å². The molecule has 7 heterocycles. The van der Waals surface area contributed by atoms with Crippen LogP contribution in [0.1, 0.15) is 108 Å². The Balaban J connectivity index is 0.00000151. The predicted octanol–water partition coefficient (Wildman–Crippen LogP) is 5.74. The average molecular weight is 859 g/mol. The molecule has 2 atom stereocenters. The number of piperazine rings is 1. The Bertz CT molecular complexity index is 2180. The lowest BCUT2D eigenvalue weighted by Crippen LogP contribution is -2.52. The van der Waals surface area contributed by atoms with Gasteiger partial charge in [-0.3, -0.25) is 19.7 Å². The third-order valence-electron chi connectivity index (χ3n) is 14.0. The number of aromatic nitrogens is 2. The number of carbonyl (C=O) groups excluding carboxylic acids is 3. The summed E-state index contributed by atoms with van der Waals surface area (Å²) in [5.74, 6) is -0.0521. The van der Waals surface area contributed by atoms with E-state index >= 15 is 8.78 Å². The van der Waals surface area contributed by atoms with Gasteiger partial charge < -0.3 is 34.7 Å². The van der Waals surface area contributed by atoms with E-state index in [0.29, 0.717) is 24.9 Å². The summed E-state index contributed by atoms with van der Waals surface area (Å²) in [7, 11) is 0. The first kappa shape index (κ1) is 42.4. The lowest BCUT2D eigenvalue weighted by molar-refractivity contribution is -0.136. The molecule has 2 aromatic carbocycles. The molecule has 3 N–H and O–H groups in total. The average Bonchev–Trinajstić information content (AvgIpc) is 3.71. The Morgan fingerprint density at radius 2 is 1.50 bits per heavy atom. The van der Waals surface area contributed by atoms with E-state index < -0.39 is 35.4 Å². The van der Waals surface area contributed by atoms with Crippen molar-refractivity contribution in [1.82, 2.24) is 35.4 Å². The zero-order chi connectivity index (χ0) is 43.1. The van der Waals surface area contributed by atoms with Gasteiger partial charge in [0, 0.05) is 91.9 Å². The highest BCUT2D eigenvalue weighted by Crippen LogP contribution is 2.43. The molecule has 5 fully saturated rings. The molecule has 10 rings (SSSR count). The summed E-state index contributed by atoms with van der Waals surface area (Å²) in [6.07, 6.45) is 8.06. The topological polar surface area (TPSA) is 139 Å². The number of anilines is 3. The highest BCUT2D eigenvalue weighted by molar-refractivity contribution is 6.05. The van der Waals surface area contributed by atoms with Crippen molar-refractivity contribution in [2.24, 2.45) is 11.8 Å². The van der Waals surface area contributed by atoms with Crippen LogP contribution in [0.4, 0.5) is 26.0 Å². The van der Waals surface area contributed by atoms with Gasteiger partial charge in [0.1, 0.15) is 41.0 Å². The van der Waals surface area contributed by atoms with Gasteiger partial charge in [-0.1, -0.05) is 13.8 Å². The SMILES string of the molecule is CC.CC1(Oc2ccc3c(c2)C(c2cc(N4CCC(CN5CCN(CC6CCN(c7c(F)cc8c(c7F)CN(C7CCC(=O)NC7=O)C8=O)CC6)CC5)CC4)ncn2)NN3)CC1.[HH].[HH]. The number of hydrazine groups is 1. The molecule has 336 valence electrons. The lowest BCUT2D eigenvalue weighted by atomic mass is 9.94. The van der Waals surface area contributed by atoms with Crippen LogP contribution in [0.5, 0.6) is 5.75 Å². The molecule has 0 bridgehead atoms. The second-order valence-corrected chi connectivity index (χ2v) is 18.2. The summed E-state index contributed by atoms with van der Waals surface area (Å²) in [4.78, 5) is 57.2. The van der Waals surface area contributed by atoms with Gasteiger partial charge in [-0.05, 0) is 88.0 Å². The molecule has 14 nitrogen and oxygen atoms in total. The van der Waals surface area contributed by atoms with Crippen LogP contribution >= 0.6 is 0 Å². The van der Waals surface area contributed by atoms with E-state index in [0.717, 1.165) is 125 Å². The molecule has 1 aromatic heterocycles. The number of nitrogens with one attached hydrogen (secondary N) is 3. The second kappa shape index (κ2) is 17.7. The second-order valence-electron chi connectivity index (χ2n) is 18.2. The van der Waals surface area contributed by atoms with Gasteiger partial charge >= 0.3 is 0 Å². The number of carbonyl (C=O) groups is 3. The van der Waals surface area contributed by atoms with E-state index in [1.54, 1.807) is 11.2 Å². The van der Waals surface area contributed by atoms with E-state index in [-0.39, 0.29) is 50.7 Å². The fraction of sp³-hybridized carbons (Fsp3) is 0.587. The summed E-state index contributed by atoms with van der Waals surface area (Å²) >= 11 is 0. The van der Waals surface area contributed by atoms with Crippen molar-refractivity contribution in [3.05, 3.63) is 70.7 Å². The number of ether oxygens (including phenoxy) is 1. The Morgan fingerprint density at radius 1 is 0.839 bits per heavy atom. The minimum atomic E-state index is -0.877. The number of nitrogens with zero attached hydrogens (tertiary/aromatic N) is 7. The van der Waals surface area contributed by atoms with Crippen molar-refractivity contribution in [3.8, 4) is 5.75 Å². The quantitative estimate of drug-likeness (QED) is 0.215. The fourth-order valence-electron chi connectivity index (χ4n) is 10.2. The van der Waals surface area contributed by atoms with Crippen molar-refractivity contribution < 1.29 is 30.8 Å². The van der Waals surface area contributed by atoms with Crippen LogP contribution in [0.2, 0.25) is 0 Å². The van der Waals surface area contributed by atoms with Gasteiger partial charge in [0.2, 0.25) is 11.8 Å². The highest BCUT2D eigenvalue weighted by atomic mass is 19.1. The molecule has 3 amide bonds. The van der Waals surface area contributed by atoms with Crippen molar-refractivity contribution >= 4 is 34.9 Å². The number of amides is 3. The number of piperidine rings is 3. The first-order valence-corrected chi connectivity index (χ1v) is 22.8. The van der Waals surface area contributed by atoms with Gasteiger partial charge in [0.25, 0.3) is 5.91 Å². The van der Waals surface area contributed by atoms with Crippen LogP contribution < -0.4 is 30.7 Å². The van der Waals surface area contributed by atoms with E-state index in [1.165, 1.54) is 4.90 Å². The molecular weight excluding hydrogens is 795 g/mol. The molecule has 7 aliphatic rings. The monoisotopic (exact) mass is 859 g/mol. The highest BCUT2D eigenvalue weighted by Gasteiger charge is 2.43. The molecule has 4 saturated heterocycles. The molecule has 6 aliphatic heterocycles. The third kappa shape index (κ3) is 8.70. The van der Waals surface area contributed by atoms with E-state index in [1.807, 2.05) is 19.9 Å². The number of imide groups is 1. The van der Waals surface area contributed by atoms with Crippen LogP contribution in [-0.4, -0.2) is 119 Å². The minimum Gasteiger partial charge on any atom is -0.488 e. The van der Waals surface area contributed by atoms with Gasteiger partial charge in [0.05, 0.1) is 29.5 Å². The lowest BCUT2D eigenvalue weighted by Gasteiger charge is -2.41. The first-order chi connectivity index (χ1) is 30.1. The summed E-state index contributed by atoms with van der Waals surface area (Å²) < 4.78 is 37.7. The fourth-order valence-corrected chi connectivity index (χ4v) is 10.2. The largest absolute Gasteiger partial charge is 0.488 e. The number of rotatable bonds is 10. The van der Waals surface area contributed by atoms with Crippen molar-refractivity contribution in [1.29, 1.82) is 0 Å². The van der Waals surface area contributed by atoms with Gasteiger partial charge in [0.15, 0.2) is 5.82 Å². The van der Waals surface area contributed by atoms with Gasteiger partial charge in [-0.15, -0.1) is 0 Å². The van der Waals surface area contributed by atoms with E-state index in [2.05, 4.69) is 66.0 Å².